The zero-order valence-electron chi connectivity index (χ0n) is 10.8. The standard InChI is InChI=1S/C12H14BrClO5S/c1-7-3-2-4-8(5-7)18-12(15)9-6-10(11(13)19-9)20(14,16)17/h6-8H,2-5H2,1H3. The van der Waals surface area contributed by atoms with Crippen molar-refractivity contribution in [1.82, 2.24) is 0 Å². The SMILES string of the molecule is CC1CCCC(OC(=O)c2cc(S(=O)(=O)Cl)c(Br)o2)C1. The Morgan fingerprint density at radius 2 is 2.20 bits per heavy atom. The first-order valence-electron chi connectivity index (χ1n) is 6.22. The minimum absolute atomic E-state index is 0.100. The van der Waals surface area contributed by atoms with Crippen LogP contribution in [-0.4, -0.2) is 20.5 Å². The molecule has 0 N–H and O–H groups in total. The third-order valence-electron chi connectivity index (χ3n) is 3.28. The van der Waals surface area contributed by atoms with E-state index in [0.29, 0.717) is 5.92 Å². The van der Waals surface area contributed by atoms with Crippen molar-refractivity contribution < 1.29 is 22.4 Å². The topological polar surface area (TPSA) is 73.6 Å². The Labute approximate surface area is 130 Å². The number of carbonyl (C=O) groups excluding carboxylic acids is 1. The van der Waals surface area contributed by atoms with E-state index in [9.17, 15) is 13.2 Å². The van der Waals surface area contributed by atoms with Crippen LogP contribution in [0.15, 0.2) is 20.0 Å². The number of hydrogen-bond acceptors (Lipinski definition) is 5. The first kappa shape index (κ1) is 15.9. The summed E-state index contributed by atoms with van der Waals surface area (Å²) in [5.41, 5.74) is 0. The number of furan rings is 1. The monoisotopic (exact) mass is 384 g/mol. The van der Waals surface area contributed by atoms with Gasteiger partial charge in [0.05, 0.1) is 0 Å². The highest BCUT2D eigenvalue weighted by atomic mass is 79.9. The molecule has 0 spiro atoms. The molecule has 1 aliphatic rings. The predicted octanol–water partition coefficient (Wildman–Crippen LogP) is 3.71. The second-order valence-electron chi connectivity index (χ2n) is 4.99. The Balaban J connectivity index is 2.10. The molecule has 0 bridgehead atoms. The highest BCUT2D eigenvalue weighted by molar-refractivity contribution is 9.10. The Hall–Kier alpha value is -0.530. The maximum Gasteiger partial charge on any atom is 0.374 e. The molecule has 20 heavy (non-hydrogen) atoms. The fourth-order valence-electron chi connectivity index (χ4n) is 2.31. The molecule has 1 aromatic heterocycles. The van der Waals surface area contributed by atoms with E-state index in [0.717, 1.165) is 31.7 Å². The molecule has 0 saturated heterocycles. The summed E-state index contributed by atoms with van der Waals surface area (Å²) in [6.45, 7) is 2.11. The molecule has 2 atom stereocenters. The van der Waals surface area contributed by atoms with Gasteiger partial charge in [0, 0.05) is 16.7 Å². The highest BCUT2D eigenvalue weighted by Gasteiger charge is 2.27. The first-order valence-corrected chi connectivity index (χ1v) is 9.32. The van der Waals surface area contributed by atoms with Crippen LogP contribution in [-0.2, 0) is 13.8 Å². The predicted molar refractivity (Wildman–Crippen MR) is 76.3 cm³/mol. The van der Waals surface area contributed by atoms with Gasteiger partial charge in [0.1, 0.15) is 11.0 Å². The molecule has 1 heterocycles. The lowest BCUT2D eigenvalue weighted by molar-refractivity contribution is 0.0121. The summed E-state index contributed by atoms with van der Waals surface area (Å²) in [5, 5.41) is 0. The van der Waals surface area contributed by atoms with Gasteiger partial charge in [0.2, 0.25) is 5.76 Å². The van der Waals surface area contributed by atoms with Gasteiger partial charge in [0.15, 0.2) is 4.67 Å². The summed E-state index contributed by atoms with van der Waals surface area (Å²) in [6, 6.07) is 1.07. The number of rotatable bonds is 3. The average molecular weight is 386 g/mol. The van der Waals surface area contributed by atoms with E-state index < -0.39 is 15.0 Å². The molecule has 0 radical (unpaired) electrons. The molecule has 112 valence electrons. The number of carbonyl (C=O) groups is 1. The van der Waals surface area contributed by atoms with Crippen molar-refractivity contribution in [2.75, 3.05) is 0 Å². The van der Waals surface area contributed by atoms with Gasteiger partial charge in [0.25, 0.3) is 9.05 Å². The van der Waals surface area contributed by atoms with E-state index in [1.165, 1.54) is 0 Å². The summed E-state index contributed by atoms with van der Waals surface area (Å²) >= 11 is 2.92. The smallest absolute Gasteiger partial charge is 0.374 e. The third-order valence-corrected chi connectivity index (χ3v) is 5.46. The lowest BCUT2D eigenvalue weighted by Crippen LogP contribution is -2.24. The lowest BCUT2D eigenvalue weighted by atomic mass is 9.89. The van der Waals surface area contributed by atoms with E-state index in [-0.39, 0.29) is 21.4 Å². The van der Waals surface area contributed by atoms with Crippen LogP contribution in [0, 0.1) is 5.92 Å². The van der Waals surface area contributed by atoms with Crippen LogP contribution < -0.4 is 0 Å². The Morgan fingerprint density at radius 3 is 2.75 bits per heavy atom. The number of halogens is 2. The van der Waals surface area contributed by atoms with Crippen LogP contribution in [0.4, 0.5) is 0 Å². The van der Waals surface area contributed by atoms with Crippen LogP contribution in [0.2, 0.25) is 0 Å². The molecule has 0 amide bonds. The molecule has 0 aliphatic heterocycles. The maximum absolute atomic E-state index is 11.9. The number of ether oxygens (including phenoxy) is 1. The summed E-state index contributed by atoms with van der Waals surface area (Å²) in [4.78, 5) is 11.7. The fourth-order valence-corrected chi connectivity index (χ4v) is 4.35. The Kier molecular flexibility index (Phi) is 4.81. The normalized spacial score (nSPS) is 23.6. The van der Waals surface area contributed by atoms with Crippen molar-refractivity contribution in [2.45, 2.75) is 43.6 Å². The molecular formula is C12H14BrClO5S. The molecule has 0 aromatic carbocycles. The van der Waals surface area contributed by atoms with Crippen molar-refractivity contribution >= 4 is 41.6 Å². The minimum Gasteiger partial charge on any atom is -0.457 e. The first-order chi connectivity index (χ1) is 9.27. The van der Waals surface area contributed by atoms with Gasteiger partial charge in [-0.05, 0) is 41.1 Å². The van der Waals surface area contributed by atoms with E-state index in [2.05, 4.69) is 22.9 Å². The molecule has 1 saturated carbocycles. The van der Waals surface area contributed by atoms with Crippen molar-refractivity contribution in [3.63, 3.8) is 0 Å². The van der Waals surface area contributed by atoms with Crippen molar-refractivity contribution in [3.8, 4) is 0 Å². The molecule has 5 nitrogen and oxygen atoms in total. The van der Waals surface area contributed by atoms with Gasteiger partial charge in [-0.15, -0.1) is 0 Å². The minimum atomic E-state index is -3.96. The number of hydrogen-bond donors (Lipinski definition) is 0. The van der Waals surface area contributed by atoms with E-state index in [4.69, 9.17) is 19.8 Å². The van der Waals surface area contributed by atoms with Crippen molar-refractivity contribution in [2.24, 2.45) is 5.92 Å². The van der Waals surface area contributed by atoms with Crippen LogP contribution in [0.3, 0.4) is 0 Å². The fraction of sp³-hybridized carbons (Fsp3) is 0.583. The quantitative estimate of drug-likeness (QED) is 0.586. The van der Waals surface area contributed by atoms with Crippen LogP contribution >= 0.6 is 26.6 Å². The van der Waals surface area contributed by atoms with Crippen LogP contribution in [0.25, 0.3) is 0 Å². The van der Waals surface area contributed by atoms with E-state index >= 15 is 0 Å². The average Bonchev–Trinajstić information content (AvgIpc) is 2.71. The largest absolute Gasteiger partial charge is 0.457 e. The maximum atomic E-state index is 11.9. The zero-order chi connectivity index (χ0) is 14.9. The van der Waals surface area contributed by atoms with Gasteiger partial charge < -0.3 is 9.15 Å². The van der Waals surface area contributed by atoms with Gasteiger partial charge >= 0.3 is 5.97 Å². The van der Waals surface area contributed by atoms with Crippen LogP contribution in [0.1, 0.15) is 43.2 Å². The molecule has 1 fully saturated rings. The van der Waals surface area contributed by atoms with Gasteiger partial charge in [-0.3, -0.25) is 0 Å². The van der Waals surface area contributed by atoms with Crippen molar-refractivity contribution in [1.29, 1.82) is 0 Å². The van der Waals surface area contributed by atoms with Gasteiger partial charge in [-0.1, -0.05) is 13.3 Å². The molecular weight excluding hydrogens is 372 g/mol. The number of esters is 1. The lowest BCUT2D eigenvalue weighted by Gasteiger charge is -2.26. The zero-order valence-corrected chi connectivity index (χ0v) is 13.9. The van der Waals surface area contributed by atoms with Crippen LogP contribution in [0.5, 0.6) is 0 Å². The van der Waals surface area contributed by atoms with Gasteiger partial charge in [-0.2, -0.15) is 0 Å². The Bertz CT molecular complexity index is 609. The Morgan fingerprint density at radius 1 is 1.50 bits per heavy atom. The van der Waals surface area contributed by atoms with Gasteiger partial charge in [-0.25, -0.2) is 13.2 Å². The van der Waals surface area contributed by atoms with E-state index in [1.807, 2.05) is 0 Å². The summed E-state index contributed by atoms with van der Waals surface area (Å²) < 4.78 is 32.8. The summed E-state index contributed by atoms with van der Waals surface area (Å²) in [5.74, 6) is -0.325. The van der Waals surface area contributed by atoms with E-state index in [1.54, 1.807) is 0 Å². The second-order valence-corrected chi connectivity index (χ2v) is 8.24. The molecule has 1 aliphatic carbocycles. The molecule has 2 rings (SSSR count). The summed E-state index contributed by atoms with van der Waals surface area (Å²) in [7, 11) is 1.26. The van der Waals surface area contributed by atoms with Crippen molar-refractivity contribution in [3.05, 3.63) is 16.5 Å². The molecule has 2 unspecified atom stereocenters. The molecule has 8 heteroatoms. The summed E-state index contributed by atoms with van der Waals surface area (Å²) in [6.07, 6.45) is 3.63. The highest BCUT2D eigenvalue weighted by Crippen LogP contribution is 2.30. The second kappa shape index (κ2) is 6.07. The third kappa shape index (κ3) is 3.77. The molecule has 1 aromatic rings.